The molecule has 1 heterocycles. The fourth-order valence-electron chi connectivity index (χ4n) is 1.21. The van der Waals surface area contributed by atoms with Crippen LogP contribution in [-0.2, 0) is 4.79 Å². The van der Waals surface area contributed by atoms with Crippen molar-refractivity contribution in [2.45, 2.75) is 19.8 Å². The average Bonchev–Trinajstić information content (AvgIpc) is 2.76. The monoisotopic (exact) mass is 225 g/mol. The van der Waals surface area contributed by atoms with Gasteiger partial charge in [-0.25, -0.2) is 4.98 Å². The van der Waals surface area contributed by atoms with E-state index in [-0.39, 0.29) is 11.8 Å². The summed E-state index contributed by atoms with van der Waals surface area (Å²) in [6.45, 7) is 2.12. The number of H-pyrrole nitrogens is 1. The fraction of sp³-hybridized carbons (Fsp3) is 0.500. The molecule has 6 nitrogen and oxygen atoms in total. The first kappa shape index (κ1) is 12.2. The van der Waals surface area contributed by atoms with Gasteiger partial charge in [0.1, 0.15) is 5.69 Å². The largest absolute Gasteiger partial charge is 0.481 e. The van der Waals surface area contributed by atoms with Crippen molar-refractivity contribution in [1.29, 1.82) is 0 Å². The zero-order valence-electron chi connectivity index (χ0n) is 9.06. The smallest absolute Gasteiger partial charge is 0.306 e. The molecule has 0 aliphatic rings. The topological polar surface area (TPSA) is 95.1 Å². The zero-order valence-corrected chi connectivity index (χ0v) is 9.06. The number of carboxylic acid groups (broad SMARTS) is 1. The number of carbonyl (C=O) groups excluding carboxylic acids is 1. The van der Waals surface area contributed by atoms with Crippen LogP contribution in [0.15, 0.2) is 12.5 Å². The first-order valence-electron chi connectivity index (χ1n) is 5.10. The van der Waals surface area contributed by atoms with E-state index in [2.05, 4.69) is 15.3 Å². The van der Waals surface area contributed by atoms with Gasteiger partial charge in [0, 0.05) is 6.54 Å². The van der Waals surface area contributed by atoms with E-state index < -0.39 is 5.97 Å². The number of amides is 1. The van der Waals surface area contributed by atoms with Crippen molar-refractivity contribution >= 4 is 11.9 Å². The fourth-order valence-corrected chi connectivity index (χ4v) is 1.21. The number of hydrogen-bond acceptors (Lipinski definition) is 3. The van der Waals surface area contributed by atoms with Gasteiger partial charge < -0.3 is 15.4 Å². The van der Waals surface area contributed by atoms with Crippen LogP contribution in [0.2, 0.25) is 0 Å². The lowest BCUT2D eigenvalue weighted by molar-refractivity contribution is -0.141. The van der Waals surface area contributed by atoms with Crippen LogP contribution in [0.5, 0.6) is 0 Å². The molecule has 6 heteroatoms. The second kappa shape index (κ2) is 5.89. The number of nitrogens with zero attached hydrogens (tertiary/aromatic N) is 1. The van der Waals surface area contributed by atoms with Crippen molar-refractivity contribution in [1.82, 2.24) is 15.3 Å². The molecule has 1 unspecified atom stereocenters. The van der Waals surface area contributed by atoms with Crippen LogP contribution >= 0.6 is 0 Å². The highest BCUT2D eigenvalue weighted by molar-refractivity contribution is 5.91. The van der Waals surface area contributed by atoms with E-state index in [0.29, 0.717) is 25.1 Å². The van der Waals surface area contributed by atoms with Gasteiger partial charge in [0.15, 0.2) is 0 Å². The Morgan fingerprint density at radius 1 is 1.62 bits per heavy atom. The SMILES string of the molecule is CC(CCCNC(=O)c1cnc[nH]1)C(=O)O. The molecule has 1 atom stereocenters. The molecule has 0 saturated heterocycles. The lowest BCUT2D eigenvalue weighted by atomic mass is 10.1. The summed E-state index contributed by atoms with van der Waals surface area (Å²) in [4.78, 5) is 28.3. The Balaban J connectivity index is 2.17. The van der Waals surface area contributed by atoms with Crippen LogP contribution in [0.3, 0.4) is 0 Å². The second-order valence-electron chi connectivity index (χ2n) is 3.60. The highest BCUT2D eigenvalue weighted by Crippen LogP contribution is 2.04. The van der Waals surface area contributed by atoms with E-state index in [0.717, 1.165) is 0 Å². The predicted octanol–water partition coefficient (Wildman–Crippen LogP) is 0.640. The van der Waals surface area contributed by atoms with Gasteiger partial charge >= 0.3 is 5.97 Å². The minimum Gasteiger partial charge on any atom is -0.481 e. The quantitative estimate of drug-likeness (QED) is 0.619. The third kappa shape index (κ3) is 3.72. The molecule has 0 bridgehead atoms. The Hall–Kier alpha value is -1.85. The van der Waals surface area contributed by atoms with Gasteiger partial charge in [-0.2, -0.15) is 0 Å². The number of aromatic amines is 1. The molecular formula is C10H15N3O3. The Kier molecular flexibility index (Phi) is 4.50. The van der Waals surface area contributed by atoms with Crippen LogP contribution < -0.4 is 5.32 Å². The standard InChI is InChI=1S/C10H15N3O3/c1-7(10(15)16)3-2-4-12-9(14)8-5-11-6-13-8/h5-7H,2-4H2,1H3,(H,11,13)(H,12,14)(H,15,16). The second-order valence-corrected chi connectivity index (χ2v) is 3.60. The van der Waals surface area contributed by atoms with Crippen molar-refractivity contribution in [3.63, 3.8) is 0 Å². The molecule has 0 aliphatic carbocycles. The Morgan fingerprint density at radius 2 is 2.38 bits per heavy atom. The molecule has 1 aromatic rings. The number of aliphatic carboxylic acids is 1. The highest BCUT2D eigenvalue weighted by atomic mass is 16.4. The van der Waals surface area contributed by atoms with E-state index in [9.17, 15) is 9.59 Å². The van der Waals surface area contributed by atoms with Crippen LogP contribution in [0.4, 0.5) is 0 Å². The van der Waals surface area contributed by atoms with Gasteiger partial charge in [-0.3, -0.25) is 9.59 Å². The molecule has 3 N–H and O–H groups in total. The maximum absolute atomic E-state index is 11.4. The zero-order chi connectivity index (χ0) is 12.0. The Morgan fingerprint density at radius 3 is 2.94 bits per heavy atom. The number of hydrogen-bond donors (Lipinski definition) is 3. The maximum atomic E-state index is 11.4. The van der Waals surface area contributed by atoms with Crippen LogP contribution in [-0.4, -0.2) is 33.5 Å². The van der Waals surface area contributed by atoms with E-state index in [1.807, 2.05) is 0 Å². The summed E-state index contributed by atoms with van der Waals surface area (Å²) in [5.41, 5.74) is 0.409. The number of carboxylic acids is 1. The highest BCUT2D eigenvalue weighted by Gasteiger charge is 2.10. The minimum atomic E-state index is -0.806. The normalized spacial score (nSPS) is 12.1. The van der Waals surface area contributed by atoms with Gasteiger partial charge in [0.2, 0.25) is 0 Å². The molecule has 16 heavy (non-hydrogen) atoms. The lowest BCUT2D eigenvalue weighted by Crippen LogP contribution is -2.25. The molecular weight excluding hydrogens is 210 g/mol. The summed E-state index contributed by atoms with van der Waals surface area (Å²) in [5, 5.41) is 11.3. The third-order valence-electron chi connectivity index (χ3n) is 2.26. The number of imidazole rings is 1. The minimum absolute atomic E-state index is 0.222. The average molecular weight is 225 g/mol. The number of carbonyl (C=O) groups is 2. The first-order chi connectivity index (χ1) is 7.61. The molecule has 1 aromatic heterocycles. The van der Waals surface area contributed by atoms with Crippen LogP contribution in [0.1, 0.15) is 30.3 Å². The van der Waals surface area contributed by atoms with E-state index in [4.69, 9.17) is 5.11 Å². The van der Waals surface area contributed by atoms with E-state index in [1.165, 1.54) is 12.5 Å². The molecule has 0 saturated carbocycles. The van der Waals surface area contributed by atoms with Crippen molar-refractivity contribution in [2.24, 2.45) is 5.92 Å². The lowest BCUT2D eigenvalue weighted by Gasteiger charge is -2.06. The molecule has 1 rings (SSSR count). The van der Waals surface area contributed by atoms with Gasteiger partial charge in [-0.15, -0.1) is 0 Å². The predicted molar refractivity (Wildman–Crippen MR) is 57.0 cm³/mol. The molecule has 88 valence electrons. The van der Waals surface area contributed by atoms with Crippen molar-refractivity contribution in [3.8, 4) is 0 Å². The summed E-state index contributed by atoms with van der Waals surface area (Å²) in [6, 6.07) is 0. The van der Waals surface area contributed by atoms with Crippen LogP contribution in [0, 0.1) is 5.92 Å². The van der Waals surface area contributed by atoms with Crippen molar-refractivity contribution in [3.05, 3.63) is 18.2 Å². The molecule has 0 fully saturated rings. The Bertz CT molecular complexity index is 348. The third-order valence-corrected chi connectivity index (χ3v) is 2.26. The molecule has 0 radical (unpaired) electrons. The van der Waals surface area contributed by atoms with E-state index in [1.54, 1.807) is 6.92 Å². The summed E-state index contributed by atoms with van der Waals surface area (Å²) < 4.78 is 0. The summed E-state index contributed by atoms with van der Waals surface area (Å²) in [7, 11) is 0. The number of nitrogens with one attached hydrogen (secondary N) is 2. The van der Waals surface area contributed by atoms with Gasteiger partial charge in [0.05, 0.1) is 18.4 Å². The Labute approximate surface area is 93.1 Å². The maximum Gasteiger partial charge on any atom is 0.306 e. The molecule has 0 spiro atoms. The first-order valence-corrected chi connectivity index (χ1v) is 5.10. The number of rotatable bonds is 6. The van der Waals surface area contributed by atoms with Gasteiger partial charge in [0.25, 0.3) is 5.91 Å². The number of aromatic nitrogens is 2. The molecule has 0 aromatic carbocycles. The van der Waals surface area contributed by atoms with E-state index >= 15 is 0 Å². The van der Waals surface area contributed by atoms with Crippen molar-refractivity contribution < 1.29 is 14.7 Å². The van der Waals surface area contributed by atoms with Gasteiger partial charge in [-0.1, -0.05) is 6.92 Å². The van der Waals surface area contributed by atoms with Crippen LogP contribution in [0.25, 0.3) is 0 Å². The van der Waals surface area contributed by atoms with Crippen molar-refractivity contribution in [2.75, 3.05) is 6.54 Å². The molecule has 0 aliphatic heterocycles. The van der Waals surface area contributed by atoms with Gasteiger partial charge in [-0.05, 0) is 12.8 Å². The summed E-state index contributed by atoms with van der Waals surface area (Å²) in [6.07, 6.45) is 4.07. The molecule has 1 amide bonds. The summed E-state index contributed by atoms with van der Waals surface area (Å²) >= 11 is 0. The summed E-state index contributed by atoms with van der Waals surface area (Å²) in [5.74, 6) is -1.40.